The van der Waals surface area contributed by atoms with Crippen LogP contribution in [0.1, 0.15) is 38.7 Å². The van der Waals surface area contributed by atoms with Gasteiger partial charge < -0.3 is 15.2 Å². The zero-order valence-electron chi connectivity index (χ0n) is 12.4. The predicted molar refractivity (Wildman–Crippen MR) is 78.1 cm³/mol. The molecule has 1 aromatic carbocycles. The molecule has 5 heteroatoms. The summed E-state index contributed by atoms with van der Waals surface area (Å²) in [6, 6.07) is 9.96. The van der Waals surface area contributed by atoms with E-state index in [1.807, 2.05) is 44.2 Å². The number of carboxylic acids is 1. The Kier molecular flexibility index (Phi) is 4.21. The van der Waals surface area contributed by atoms with Crippen molar-refractivity contribution in [3.05, 3.63) is 35.9 Å². The zero-order chi connectivity index (χ0) is 15.5. The fraction of sp³-hybridized carbons (Fsp3) is 0.500. The monoisotopic (exact) mass is 291 g/mol. The van der Waals surface area contributed by atoms with Crippen molar-refractivity contribution in [1.82, 2.24) is 5.32 Å². The lowest BCUT2D eigenvalue weighted by Gasteiger charge is -2.26. The second-order valence-corrected chi connectivity index (χ2v) is 6.15. The summed E-state index contributed by atoms with van der Waals surface area (Å²) < 4.78 is 5.37. The number of carbonyl (C=O) groups excluding carboxylic acids is 1. The number of nitrogens with one attached hydrogen (secondary N) is 1. The van der Waals surface area contributed by atoms with Gasteiger partial charge in [0.2, 0.25) is 0 Å². The molecule has 114 valence electrons. The first-order valence-corrected chi connectivity index (χ1v) is 7.12. The van der Waals surface area contributed by atoms with E-state index in [0.29, 0.717) is 19.3 Å². The molecule has 1 saturated carbocycles. The molecule has 1 fully saturated rings. The van der Waals surface area contributed by atoms with Gasteiger partial charge in [0.05, 0.1) is 0 Å². The summed E-state index contributed by atoms with van der Waals surface area (Å²) >= 11 is 0. The minimum absolute atomic E-state index is 0.460. The summed E-state index contributed by atoms with van der Waals surface area (Å²) in [5, 5.41) is 11.5. The molecule has 0 atom stereocenters. The largest absolute Gasteiger partial charge is 0.480 e. The summed E-state index contributed by atoms with van der Waals surface area (Å²) in [6.45, 7) is 3.66. The Morgan fingerprint density at radius 2 is 1.90 bits per heavy atom. The lowest BCUT2D eigenvalue weighted by molar-refractivity contribution is -0.140. The second-order valence-electron chi connectivity index (χ2n) is 6.15. The molecule has 0 unspecified atom stereocenters. The highest BCUT2D eigenvalue weighted by atomic mass is 16.6. The normalized spacial score (nSPS) is 16.1. The molecule has 0 aromatic heterocycles. The maximum Gasteiger partial charge on any atom is 0.408 e. The van der Waals surface area contributed by atoms with E-state index in [1.165, 1.54) is 5.56 Å². The first-order chi connectivity index (χ1) is 9.83. The van der Waals surface area contributed by atoms with E-state index in [4.69, 9.17) is 9.84 Å². The number of aliphatic carboxylic acids is 1. The number of carboxylic acid groups (broad SMARTS) is 1. The van der Waals surface area contributed by atoms with Gasteiger partial charge in [-0.1, -0.05) is 30.3 Å². The molecule has 0 aliphatic heterocycles. The lowest BCUT2D eigenvalue weighted by Crippen LogP contribution is -2.46. The molecule has 2 rings (SSSR count). The van der Waals surface area contributed by atoms with Crippen molar-refractivity contribution in [2.24, 2.45) is 0 Å². The van der Waals surface area contributed by atoms with Crippen LogP contribution in [0.2, 0.25) is 0 Å². The Labute approximate surface area is 124 Å². The standard InChI is InChI=1S/C16H21NO4/c1-15(2,9-8-12-6-4-3-5-7-12)21-14(20)17-16(10-11-16)13(18)19/h3-7H,8-11H2,1-2H3,(H,17,20)(H,18,19). The van der Waals surface area contributed by atoms with E-state index < -0.39 is 23.2 Å². The Hall–Kier alpha value is -2.04. The van der Waals surface area contributed by atoms with Crippen molar-refractivity contribution in [2.45, 2.75) is 50.7 Å². The smallest absolute Gasteiger partial charge is 0.408 e. The van der Waals surface area contributed by atoms with Crippen LogP contribution in [-0.2, 0) is 16.0 Å². The molecule has 21 heavy (non-hydrogen) atoms. The first-order valence-electron chi connectivity index (χ1n) is 7.12. The lowest BCUT2D eigenvalue weighted by atomic mass is 9.98. The van der Waals surface area contributed by atoms with Gasteiger partial charge in [0, 0.05) is 0 Å². The molecule has 1 aliphatic rings. The molecule has 5 nitrogen and oxygen atoms in total. The second kappa shape index (κ2) is 5.76. The van der Waals surface area contributed by atoms with E-state index in [2.05, 4.69) is 5.32 Å². The van der Waals surface area contributed by atoms with Gasteiger partial charge in [0.1, 0.15) is 11.1 Å². The third-order valence-corrected chi connectivity index (χ3v) is 3.73. The van der Waals surface area contributed by atoms with Crippen LogP contribution in [0.5, 0.6) is 0 Å². The molecule has 0 saturated heterocycles. The van der Waals surface area contributed by atoms with Gasteiger partial charge in [-0.2, -0.15) is 0 Å². The van der Waals surface area contributed by atoms with Crippen molar-refractivity contribution >= 4 is 12.1 Å². The van der Waals surface area contributed by atoms with E-state index in [9.17, 15) is 9.59 Å². The van der Waals surface area contributed by atoms with Crippen molar-refractivity contribution in [2.75, 3.05) is 0 Å². The molecule has 2 N–H and O–H groups in total. The van der Waals surface area contributed by atoms with E-state index in [0.717, 1.165) is 6.42 Å². The number of benzene rings is 1. The fourth-order valence-corrected chi connectivity index (χ4v) is 2.13. The van der Waals surface area contributed by atoms with Gasteiger partial charge in [0.25, 0.3) is 0 Å². The molecule has 1 amide bonds. The Morgan fingerprint density at radius 3 is 2.43 bits per heavy atom. The van der Waals surface area contributed by atoms with E-state index in [1.54, 1.807) is 0 Å². The third-order valence-electron chi connectivity index (χ3n) is 3.73. The van der Waals surface area contributed by atoms with E-state index in [-0.39, 0.29) is 0 Å². The van der Waals surface area contributed by atoms with Crippen LogP contribution < -0.4 is 5.32 Å². The van der Waals surface area contributed by atoms with Gasteiger partial charge >= 0.3 is 12.1 Å². The highest BCUT2D eigenvalue weighted by molar-refractivity contribution is 5.87. The number of ether oxygens (including phenoxy) is 1. The number of aryl methyl sites for hydroxylation is 1. The van der Waals surface area contributed by atoms with Crippen molar-refractivity contribution in [1.29, 1.82) is 0 Å². The van der Waals surface area contributed by atoms with Crippen molar-refractivity contribution in [3.8, 4) is 0 Å². The number of hydrogen-bond donors (Lipinski definition) is 2. The number of rotatable bonds is 6. The number of alkyl carbamates (subject to hydrolysis) is 1. The van der Waals surface area contributed by atoms with Crippen LogP contribution in [0, 0.1) is 0 Å². The summed E-state index contributed by atoms with van der Waals surface area (Å²) in [6.07, 6.45) is 1.73. The molecule has 0 bridgehead atoms. The molecular formula is C16H21NO4. The molecular weight excluding hydrogens is 270 g/mol. The average Bonchev–Trinajstić information content (AvgIpc) is 3.18. The van der Waals surface area contributed by atoms with Crippen LogP contribution in [0.3, 0.4) is 0 Å². The Morgan fingerprint density at radius 1 is 1.29 bits per heavy atom. The van der Waals surface area contributed by atoms with Crippen LogP contribution >= 0.6 is 0 Å². The van der Waals surface area contributed by atoms with Crippen LogP contribution in [0.4, 0.5) is 4.79 Å². The SMILES string of the molecule is CC(C)(CCc1ccccc1)OC(=O)NC1(C(=O)O)CC1. The predicted octanol–water partition coefficient (Wildman–Crippen LogP) is 2.74. The topological polar surface area (TPSA) is 75.6 Å². The summed E-state index contributed by atoms with van der Waals surface area (Å²) in [7, 11) is 0. The number of carbonyl (C=O) groups is 2. The van der Waals surface area contributed by atoms with E-state index >= 15 is 0 Å². The Balaban J connectivity index is 1.83. The number of hydrogen-bond acceptors (Lipinski definition) is 3. The molecule has 1 aromatic rings. The maximum atomic E-state index is 11.8. The Bertz CT molecular complexity index is 520. The summed E-state index contributed by atoms with van der Waals surface area (Å²) in [5.41, 5.74) is -0.569. The zero-order valence-corrected chi connectivity index (χ0v) is 12.4. The third kappa shape index (κ3) is 4.21. The van der Waals surface area contributed by atoms with Crippen LogP contribution in [-0.4, -0.2) is 28.3 Å². The van der Waals surface area contributed by atoms with Crippen molar-refractivity contribution < 1.29 is 19.4 Å². The molecule has 0 spiro atoms. The highest BCUT2D eigenvalue weighted by Gasteiger charge is 2.52. The van der Waals surface area contributed by atoms with Crippen LogP contribution in [0.25, 0.3) is 0 Å². The molecule has 1 aliphatic carbocycles. The minimum atomic E-state index is -1.10. The molecule has 0 radical (unpaired) electrons. The fourth-order valence-electron chi connectivity index (χ4n) is 2.13. The van der Waals surface area contributed by atoms with Gasteiger partial charge in [-0.15, -0.1) is 0 Å². The maximum absolute atomic E-state index is 11.8. The summed E-state index contributed by atoms with van der Waals surface area (Å²) in [4.78, 5) is 22.9. The molecule has 0 heterocycles. The quantitative estimate of drug-likeness (QED) is 0.845. The van der Waals surface area contributed by atoms with Gasteiger partial charge in [-0.25, -0.2) is 9.59 Å². The van der Waals surface area contributed by atoms with Gasteiger partial charge in [-0.3, -0.25) is 0 Å². The number of amides is 1. The minimum Gasteiger partial charge on any atom is -0.480 e. The van der Waals surface area contributed by atoms with Gasteiger partial charge in [0.15, 0.2) is 0 Å². The van der Waals surface area contributed by atoms with Crippen LogP contribution in [0.15, 0.2) is 30.3 Å². The highest BCUT2D eigenvalue weighted by Crippen LogP contribution is 2.35. The first kappa shape index (κ1) is 15.4. The van der Waals surface area contributed by atoms with Gasteiger partial charge in [-0.05, 0) is 45.1 Å². The van der Waals surface area contributed by atoms with Crippen molar-refractivity contribution in [3.63, 3.8) is 0 Å². The average molecular weight is 291 g/mol. The summed E-state index contributed by atoms with van der Waals surface area (Å²) in [5.74, 6) is -0.999.